The molecule has 7 nitrogen and oxygen atoms in total. The van der Waals surface area contributed by atoms with Gasteiger partial charge in [0.25, 0.3) is 10.8 Å². The van der Waals surface area contributed by atoms with Crippen molar-refractivity contribution in [1.29, 1.82) is 5.26 Å². The lowest BCUT2D eigenvalue weighted by Gasteiger charge is -2.41. The summed E-state index contributed by atoms with van der Waals surface area (Å²) < 4.78 is 13.0. The Bertz CT molecular complexity index is 1130. The number of thiazole rings is 1. The van der Waals surface area contributed by atoms with Crippen molar-refractivity contribution >= 4 is 38.8 Å². The first-order valence-electron chi connectivity index (χ1n) is 8.25. The minimum atomic E-state index is -0.600. The van der Waals surface area contributed by atoms with E-state index in [2.05, 4.69) is 15.3 Å². The summed E-state index contributed by atoms with van der Waals surface area (Å²) in [6, 6.07) is 9.41. The molecule has 1 aromatic carbocycles. The standard InChI is InChI=1S/C18H14FN5O2S/c19-18-21-7-14(27-18)23-16(25)10-8-24(9-10)15-11-3-1-2-4-13(11)22-17(26)12(15)5-6-20/h1-4,7,10H,5,8-9H2,(H,22,26)(H,23,25). The van der Waals surface area contributed by atoms with Crippen molar-refractivity contribution in [2.45, 2.75) is 6.42 Å². The van der Waals surface area contributed by atoms with Crippen LogP contribution in [0.5, 0.6) is 0 Å². The fourth-order valence-corrected chi connectivity index (χ4v) is 3.78. The molecule has 9 heteroatoms. The summed E-state index contributed by atoms with van der Waals surface area (Å²) in [6.45, 7) is 0.831. The SMILES string of the molecule is N#CCc1c(N2CC(C(=O)Nc3cnc(F)s3)C2)c2ccccc2[nH]c1=O. The molecule has 2 N–H and O–H groups in total. The number of amides is 1. The van der Waals surface area contributed by atoms with Crippen molar-refractivity contribution in [3.05, 3.63) is 51.6 Å². The van der Waals surface area contributed by atoms with E-state index in [1.54, 1.807) is 6.07 Å². The van der Waals surface area contributed by atoms with E-state index in [1.807, 2.05) is 29.2 Å². The van der Waals surface area contributed by atoms with Crippen LogP contribution in [0.1, 0.15) is 5.56 Å². The van der Waals surface area contributed by atoms with Gasteiger partial charge in [-0.25, -0.2) is 4.98 Å². The number of halogens is 1. The molecule has 0 aliphatic carbocycles. The number of para-hydroxylation sites is 1. The number of nitrogens with zero attached hydrogens (tertiary/aromatic N) is 3. The summed E-state index contributed by atoms with van der Waals surface area (Å²) >= 11 is 0.773. The van der Waals surface area contributed by atoms with Crippen LogP contribution in [-0.2, 0) is 11.2 Å². The molecule has 1 aliphatic rings. The highest BCUT2D eigenvalue weighted by Gasteiger charge is 2.35. The second-order valence-electron chi connectivity index (χ2n) is 6.23. The Balaban J connectivity index is 1.59. The number of rotatable bonds is 4. The summed E-state index contributed by atoms with van der Waals surface area (Å²) in [4.78, 5) is 32.9. The van der Waals surface area contributed by atoms with Crippen LogP contribution in [0.2, 0.25) is 0 Å². The number of nitrogens with one attached hydrogen (secondary N) is 2. The molecule has 1 fully saturated rings. The molecule has 0 unspecified atom stereocenters. The maximum atomic E-state index is 13.0. The number of hydrogen-bond acceptors (Lipinski definition) is 6. The molecule has 3 heterocycles. The quantitative estimate of drug-likeness (QED) is 0.720. The molecule has 0 spiro atoms. The Kier molecular flexibility index (Phi) is 4.33. The Hall–Kier alpha value is -3.25. The maximum absolute atomic E-state index is 13.0. The van der Waals surface area contributed by atoms with Crippen LogP contribution in [0.3, 0.4) is 0 Å². The number of carbonyl (C=O) groups is 1. The molecule has 1 amide bonds. The third kappa shape index (κ3) is 3.15. The van der Waals surface area contributed by atoms with Crippen LogP contribution in [0.15, 0.2) is 35.3 Å². The topological polar surface area (TPSA) is 102 Å². The highest BCUT2D eigenvalue weighted by molar-refractivity contribution is 7.14. The van der Waals surface area contributed by atoms with Crippen molar-refractivity contribution in [3.63, 3.8) is 0 Å². The molecule has 1 saturated heterocycles. The first-order chi connectivity index (χ1) is 13.1. The van der Waals surface area contributed by atoms with Crippen LogP contribution in [-0.4, -0.2) is 29.0 Å². The van der Waals surface area contributed by atoms with E-state index in [9.17, 15) is 14.0 Å². The second-order valence-corrected chi connectivity index (χ2v) is 7.21. The second kappa shape index (κ2) is 6.81. The largest absolute Gasteiger partial charge is 0.369 e. The minimum absolute atomic E-state index is 0.0109. The number of nitriles is 1. The Labute approximate surface area is 157 Å². The van der Waals surface area contributed by atoms with Gasteiger partial charge in [-0.2, -0.15) is 9.65 Å². The molecule has 3 aromatic rings. The van der Waals surface area contributed by atoms with Gasteiger partial charge < -0.3 is 15.2 Å². The van der Waals surface area contributed by atoms with Gasteiger partial charge in [0.2, 0.25) is 5.91 Å². The summed E-state index contributed by atoms with van der Waals surface area (Å²) in [5, 5.41) is 12.4. The lowest BCUT2D eigenvalue weighted by Crippen LogP contribution is -2.52. The van der Waals surface area contributed by atoms with Crippen LogP contribution < -0.4 is 15.8 Å². The lowest BCUT2D eigenvalue weighted by molar-refractivity contribution is -0.120. The zero-order valence-corrected chi connectivity index (χ0v) is 14.8. The van der Waals surface area contributed by atoms with Crippen molar-refractivity contribution in [2.75, 3.05) is 23.3 Å². The highest BCUT2D eigenvalue weighted by atomic mass is 32.1. The number of aromatic nitrogens is 2. The predicted octanol–water partition coefficient (Wildman–Crippen LogP) is 2.26. The van der Waals surface area contributed by atoms with Gasteiger partial charge in [-0.15, -0.1) is 0 Å². The molecule has 0 atom stereocenters. The Morgan fingerprint density at radius 1 is 1.44 bits per heavy atom. The molecular formula is C18H14FN5O2S. The number of H-pyrrole nitrogens is 1. The minimum Gasteiger partial charge on any atom is -0.369 e. The van der Waals surface area contributed by atoms with Gasteiger partial charge in [-0.1, -0.05) is 29.5 Å². The van der Waals surface area contributed by atoms with Crippen LogP contribution in [0.25, 0.3) is 10.9 Å². The van der Waals surface area contributed by atoms with E-state index in [0.29, 0.717) is 34.9 Å². The Morgan fingerprint density at radius 2 is 2.22 bits per heavy atom. The maximum Gasteiger partial charge on any atom is 0.270 e. The lowest BCUT2D eigenvalue weighted by atomic mass is 9.95. The van der Waals surface area contributed by atoms with Crippen molar-refractivity contribution in [3.8, 4) is 6.07 Å². The van der Waals surface area contributed by atoms with E-state index in [4.69, 9.17) is 5.26 Å². The number of pyridine rings is 1. The number of aromatic amines is 1. The monoisotopic (exact) mass is 383 g/mol. The van der Waals surface area contributed by atoms with Gasteiger partial charge in [0, 0.05) is 18.5 Å². The average Bonchev–Trinajstić information content (AvgIpc) is 3.01. The first kappa shape index (κ1) is 17.2. The number of hydrogen-bond donors (Lipinski definition) is 2. The van der Waals surface area contributed by atoms with E-state index >= 15 is 0 Å². The van der Waals surface area contributed by atoms with Gasteiger partial charge in [0.1, 0.15) is 5.00 Å². The average molecular weight is 383 g/mol. The fraction of sp³-hybridized carbons (Fsp3) is 0.222. The summed E-state index contributed by atoms with van der Waals surface area (Å²) in [5.74, 6) is -0.506. The Morgan fingerprint density at radius 3 is 2.93 bits per heavy atom. The number of anilines is 2. The first-order valence-corrected chi connectivity index (χ1v) is 9.06. The van der Waals surface area contributed by atoms with E-state index < -0.39 is 5.26 Å². The molecule has 0 radical (unpaired) electrons. The molecule has 27 heavy (non-hydrogen) atoms. The van der Waals surface area contributed by atoms with Gasteiger partial charge in [0.05, 0.1) is 41.4 Å². The normalized spacial score (nSPS) is 14.0. The predicted molar refractivity (Wildman–Crippen MR) is 100 cm³/mol. The molecule has 2 aromatic heterocycles. The van der Waals surface area contributed by atoms with Crippen LogP contribution >= 0.6 is 11.3 Å². The highest BCUT2D eigenvalue weighted by Crippen LogP contribution is 2.33. The molecule has 0 saturated carbocycles. The molecule has 1 aliphatic heterocycles. The smallest absolute Gasteiger partial charge is 0.270 e. The zero-order chi connectivity index (χ0) is 19.0. The van der Waals surface area contributed by atoms with Gasteiger partial charge in [-0.3, -0.25) is 9.59 Å². The van der Waals surface area contributed by atoms with Crippen molar-refractivity contribution in [2.24, 2.45) is 5.92 Å². The summed E-state index contributed by atoms with van der Waals surface area (Å²) in [5.41, 5.74) is 1.49. The van der Waals surface area contributed by atoms with Gasteiger partial charge in [-0.05, 0) is 6.07 Å². The van der Waals surface area contributed by atoms with Crippen LogP contribution in [0, 0.1) is 22.5 Å². The summed E-state index contributed by atoms with van der Waals surface area (Å²) in [7, 11) is 0. The van der Waals surface area contributed by atoms with E-state index in [1.165, 1.54) is 6.20 Å². The summed E-state index contributed by atoms with van der Waals surface area (Å²) in [6.07, 6.45) is 1.27. The van der Waals surface area contributed by atoms with E-state index in [0.717, 1.165) is 16.7 Å². The van der Waals surface area contributed by atoms with Crippen molar-refractivity contribution < 1.29 is 9.18 Å². The number of benzene rings is 1. The zero-order valence-electron chi connectivity index (χ0n) is 14.0. The molecule has 4 rings (SSSR count). The molecule has 0 bridgehead atoms. The number of fused-ring (bicyclic) bond motifs is 1. The third-order valence-electron chi connectivity index (χ3n) is 4.54. The van der Waals surface area contributed by atoms with Gasteiger partial charge in [0.15, 0.2) is 0 Å². The number of carbonyl (C=O) groups excluding carboxylic acids is 1. The molecule has 136 valence electrons. The molecular weight excluding hydrogens is 369 g/mol. The van der Waals surface area contributed by atoms with E-state index in [-0.39, 0.29) is 23.8 Å². The van der Waals surface area contributed by atoms with Gasteiger partial charge >= 0.3 is 0 Å². The fourth-order valence-electron chi connectivity index (χ4n) is 3.23. The van der Waals surface area contributed by atoms with Crippen LogP contribution in [0.4, 0.5) is 15.1 Å². The third-order valence-corrected chi connectivity index (χ3v) is 5.24. The van der Waals surface area contributed by atoms with Crippen molar-refractivity contribution in [1.82, 2.24) is 9.97 Å².